The molecule has 1 heterocycles. The fourth-order valence-corrected chi connectivity index (χ4v) is 3.75. The molecule has 1 aliphatic heterocycles. The minimum atomic E-state index is -0.0821. The van der Waals surface area contributed by atoms with Crippen LogP contribution in [-0.4, -0.2) is 24.1 Å². The third-order valence-corrected chi connectivity index (χ3v) is 5.35. The Morgan fingerprint density at radius 3 is 2.79 bits per heavy atom. The minimum absolute atomic E-state index is 0.0432. The third-order valence-electron chi connectivity index (χ3n) is 3.83. The van der Waals surface area contributed by atoms with Crippen molar-refractivity contribution in [1.29, 1.82) is 0 Å². The molecule has 0 saturated heterocycles. The van der Waals surface area contributed by atoms with Gasteiger partial charge >= 0.3 is 0 Å². The van der Waals surface area contributed by atoms with Crippen molar-refractivity contribution in [2.75, 3.05) is 22.5 Å². The Morgan fingerprint density at radius 2 is 2.04 bits per heavy atom. The van der Waals surface area contributed by atoms with Crippen LogP contribution < -0.4 is 10.2 Å². The van der Waals surface area contributed by atoms with Crippen molar-refractivity contribution < 1.29 is 9.59 Å². The number of benzene rings is 2. The van der Waals surface area contributed by atoms with Gasteiger partial charge in [0.2, 0.25) is 11.8 Å². The quantitative estimate of drug-likeness (QED) is 0.839. The van der Waals surface area contributed by atoms with Crippen molar-refractivity contribution in [2.45, 2.75) is 18.2 Å². The van der Waals surface area contributed by atoms with Gasteiger partial charge in [0.05, 0.1) is 10.8 Å². The summed E-state index contributed by atoms with van der Waals surface area (Å²) in [6, 6.07) is 13.1. The van der Waals surface area contributed by atoms with Gasteiger partial charge in [-0.25, -0.2) is 0 Å². The molecular weight excluding hydrogens is 344 g/mol. The molecule has 2 aromatic carbocycles. The van der Waals surface area contributed by atoms with E-state index < -0.39 is 0 Å². The molecule has 124 valence electrons. The van der Waals surface area contributed by atoms with Crippen LogP contribution in [0.25, 0.3) is 0 Å². The number of carbonyl (C=O) groups excluding carboxylic acids is 2. The molecule has 0 fully saturated rings. The number of nitrogens with zero attached hydrogens (tertiary/aromatic N) is 1. The fourth-order valence-electron chi connectivity index (χ4n) is 2.71. The molecule has 0 unspecified atom stereocenters. The summed E-state index contributed by atoms with van der Waals surface area (Å²) in [5, 5.41) is 3.55. The van der Waals surface area contributed by atoms with E-state index in [0.717, 1.165) is 28.3 Å². The molecule has 24 heavy (non-hydrogen) atoms. The summed E-state index contributed by atoms with van der Waals surface area (Å²) < 4.78 is 0. The lowest BCUT2D eigenvalue weighted by molar-refractivity contribution is -0.116. The van der Waals surface area contributed by atoms with E-state index in [4.69, 9.17) is 11.6 Å². The molecule has 6 heteroatoms. The molecule has 0 bridgehead atoms. The number of rotatable bonds is 4. The molecular formula is C18H17ClN2O2S. The smallest absolute Gasteiger partial charge is 0.234 e. The zero-order valence-corrected chi connectivity index (χ0v) is 14.8. The maximum Gasteiger partial charge on any atom is 0.234 e. The molecule has 4 nitrogen and oxygen atoms in total. The van der Waals surface area contributed by atoms with Crippen LogP contribution in [0.5, 0.6) is 0 Å². The average Bonchev–Trinajstić information content (AvgIpc) is 2.97. The molecule has 1 aliphatic rings. The van der Waals surface area contributed by atoms with Crippen LogP contribution in [0.4, 0.5) is 11.4 Å². The lowest BCUT2D eigenvalue weighted by atomic mass is 10.1. The molecule has 0 saturated carbocycles. The van der Waals surface area contributed by atoms with Crippen LogP contribution in [0.2, 0.25) is 5.02 Å². The van der Waals surface area contributed by atoms with Crippen LogP contribution in [0.15, 0.2) is 47.4 Å². The predicted molar refractivity (Wildman–Crippen MR) is 99.0 cm³/mol. The Balaban J connectivity index is 1.61. The number of hydrogen-bond acceptors (Lipinski definition) is 3. The van der Waals surface area contributed by atoms with E-state index in [-0.39, 0.29) is 11.8 Å². The SMILES string of the molecule is CC(=O)N1CCc2cc(NC(=O)CSc3ccccc3Cl)ccc21. The van der Waals surface area contributed by atoms with Crippen molar-refractivity contribution >= 4 is 46.6 Å². The highest BCUT2D eigenvalue weighted by molar-refractivity contribution is 8.00. The van der Waals surface area contributed by atoms with Crippen molar-refractivity contribution in [3.63, 3.8) is 0 Å². The van der Waals surface area contributed by atoms with E-state index in [1.807, 2.05) is 42.5 Å². The summed E-state index contributed by atoms with van der Waals surface area (Å²) in [6.45, 7) is 2.27. The van der Waals surface area contributed by atoms with E-state index in [9.17, 15) is 9.59 Å². The van der Waals surface area contributed by atoms with Gasteiger partial charge in [-0.2, -0.15) is 0 Å². The topological polar surface area (TPSA) is 49.4 Å². The van der Waals surface area contributed by atoms with Gasteiger partial charge in [0.15, 0.2) is 0 Å². The molecule has 0 radical (unpaired) electrons. The maximum atomic E-state index is 12.1. The van der Waals surface area contributed by atoms with Crippen molar-refractivity contribution in [1.82, 2.24) is 0 Å². The normalized spacial score (nSPS) is 12.8. The monoisotopic (exact) mass is 360 g/mol. The first-order valence-corrected chi connectivity index (χ1v) is 8.99. The first-order chi connectivity index (χ1) is 11.5. The van der Waals surface area contributed by atoms with E-state index in [1.165, 1.54) is 11.8 Å². The summed E-state index contributed by atoms with van der Waals surface area (Å²) >= 11 is 7.49. The summed E-state index contributed by atoms with van der Waals surface area (Å²) in [4.78, 5) is 26.3. The van der Waals surface area contributed by atoms with Crippen LogP contribution in [0, 0.1) is 0 Å². The average molecular weight is 361 g/mol. The van der Waals surface area contributed by atoms with Gasteiger partial charge in [-0.05, 0) is 42.3 Å². The van der Waals surface area contributed by atoms with Gasteiger partial charge in [-0.3, -0.25) is 9.59 Å². The first kappa shape index (κ1) is 16.9. The number of halogens is 1. The standard InChI is InChI=1S/C18H17ClN2O2S/c1-12(22)21-9-8-13-10-14(6-7-16(13)21)20-18(23)11-24-17-5-3-2-4-15(17)19/h2-7,10H,8-9,11H2,1H3,(H,20,23). The number of thioether (sulfide) groups is 1. The van der Waals surface area contributed by atoms with E-state index >= 15 is 0 Å². The second-order valence-corrected chi connectivity index (χ2v) is 6.96. The Bertz CT molecular complexity index is 794. The summed E-state index contributed by atoms with van der Waals surface area (Å²) in [5.41, 5.74) is 2.77. The minimum Gasteiger partial charge on any atom is -0.325 e. The van der Waals surface area contributed by atoms with Crippen molar-refractivity contribution in [3.8, 4) is 0 Å². The lowest BCUT2D eigenvalue weighted by Gasteiger charge is -2.15. The van der Waals surface area contributed by atoms with Gasteiger partial charge in [-0.15, -0.1) is 11.8 Å². The zero-order chi connectivity index (χ0) is 17.1. The van der Waals surface area contributed by atoms with Gasteiger partial charge < -0.3 is 10.2 Å². The van der Waals surface area contributed by atoms with E-state index in [0.29, 0.717) is 17.3 Å². The molecule has 0 spiro atoms. The zero-order valence-electron chi connectivity index (χ0n) is 13.2. The van der Waals surface area contributed by atoms with Crippen LogP contribution in [0.1, 0.15) is 12.5 Å². The molecule has 0 aliphatic carbocycles. The number of nitrogens with one attached hydrogen (secondary N) is 1. The first-order valence-electron chi connectivity index (χ1n) is 7.63. The molecule has 2 aromatic rings. The lowest BCUT2D eigenvalue weighted by Crippen LogP contribution is -2.25. The van der Waals surface area contributed by atoms with E-state index in [1.54, 1.807) is 11.8 Å². The number of fused-ring (bicyclic) bond motifs is 1. The molecule has 3 rings (SSSR count). The Labute approximate surface area is 150 Å². The van der Waals surface area contributed by atoms with Gasteiger partial charge in [0, 0.05) is 29.7 Å². The number of hydrogen-bond donors (Lipinski definition) is 1. The predicted octanol–water partition coefficient (Wildman–Crippen LogP) is 3.98. The molecule has 2 amide bonds. The van der Waals surface area contributed by atoms with Crippen LogP contribution in [0.3, 0.4) is 0 Å². The molecule has 0 atom stereocenters. The van der Waals surface area contributed by atoms with Crippen molar-refractivity contribution in [2.24, 2.45) is 0 Å². The Kier molecular flexibility index (Phi) is 5.11. The molecule has 1 N–H and O–H groups in total. The fraction of sp³-hybridized carbons (Fsp3) is 0.222. The van der Waals surface area contributed by atoms with Gasteiger partial charge in [0.25, 0.3) is 0 Å². The van der Waals surface area contributed by atoms with E-state index in [2.05, 4.69) is 5.32 Å². The van der Waals surface area contributed by atoms with Crippen LogP contribution in [-0.2, 0) is 16.0 Å². The Morgan fingerprint density at radius 1 is 1.25 bits per heavy atom. The second-order valence-electron chi connectivity index (χ2n) is 5.53. The highest BCUT2D eigenvalue weighted by atomic mass is 35.5. The third kappa shape index (κ3) is 3.74. The number of anilines is 2. The number of carbonyl (C=O) groups is 2. The largest absolute Gasteiger partial charge is 0.325 e. The van der Waals surface area contributed by atoms with Crippen LogP contribution >= 0.6 is 23.4 Å². The maximum absolute atomic E-state index is 12.1. The van der Waals surface area contributed by atoms with Crippen molar-refractivity contribution in [3.05, 3.63) is 53.1 Å². The Hall–Kier alpha value is -1.98. The summed E-state index contributed by atoms with van der Waals surface area (Å²) in [7, 11) is 0. The van der Waals surface area contributed by atoms with Gasteiger partial charge in [0.1, 0.15) is 0 Å². The summed E-state index contributed by atoms with van der Waals surface area (Å²) in [5.74, 6) is 0.253. The van der Waals surface area contributed by atoms with Gasteiger partial charge in [-0.1, -0.05) is 23.7 Å². The molecule has 0 aromatic heterocycles. The second kappa shape index (κ2) is 7.28. The highest BCUT2D eigenvalue weighted by Gasteiger charge is 2.22. The number of amides is 2. The summed E-state index contributed by atoms with van der Waals surface area (Å²) in [6.07, 6.45) is 0.812. The highest BCUT2D eigenvalue weighted by Crippen LogP contribution is 2.31.